The summed E-state index contributed by atoms with van der Waals surface area (Å²) in [6.07, 6.45) is 0.568. The maximum absolute atomic E-state index is 13.2. The lowest BCUT2D eigenvalue weighted by atomic mass is 10.1. The molecule has 2 aromatic carbocycles. The Bertz CT molecular complexity index is 1100. The number of hydrogen-bond acceptors (Lipinski definition) is 5. The highest BCUT2D eigenvalue weighted by atomic mass is 35.5. The number of ether oxygens (including phenoxy) is 2. The molecule has 1 aliphatic rings. The normalized spacial score (nSPS) is 13.6. The number of hydrogen-bond donors (Lipinski definition) is 0. The van der Waals surface area contributed by atoms with E-state index >= 15 is 0 Å². The monoisotopic (exact) mass is 466 g/mol. The molecule has 1 aliphatic heterocycles. The standard InChI is InChI=1S/C22H27ClN2O5S/c1-14(2)13-30-21-18(23)11-16(12-20(21)29-5)22(26)25-9-8-15-10-17(6-7-19(15)25)31(27,28)24(3)4/h6-7,10-12,14H,8-9,13H2,1-5H3. The van der Waals surface area contributed by atoms with Crippen LogP contribution in [0.15, 0.2) is 35.2 Å². The Kier molecular flexibility index (Phi) is 6.83. The van der Waals surface area contributed by atoms with Crippen LogP contribution in [-0.2, 0) is 16.4 Å². The van der Waals surface area contributed by atoms with E-state index < -0.39 is 10.0 Å². The largest absolute Gasteiger partial charge is 0.493 e. The molecule has 0 aliphatic carbocycles. The number of nitrogens with zero attached hydrogens (tertiary/aromatic N) is 2. The third-order valence-corrected chi connectivity index (χ3v) is 7.10. The second-order valence-corrected chi connectivity index (χ2v) is 10.5. The van der Waals surface area contributed by atoms with Crippen LogP contribution in [0.25, 0.3) is 0 Å². The highest BCUT2D eigenvalue weighted by molar-refractivity contribution is 7.89. The number of rotatable bonds is 7. The van der Waals surface area contributed by atoms with E-state index in [9.17, 15) is 13.2 Å². The van der Waals surface area contributed by atoms with Crippen molar-refractivity contribution in [1.82, 2.24) is 4.31 Å². The first-order valence-corrected chi connectivity index (χ1v) is 11.8. The number of halogens is 1. The Morgan fingerprint density at radius 1 is 1.23 bits per heavy atom. The lowest BCUT2D eigenvalue weighted by Crippen LogP contribution is -2.29. The predicted octanol–water partition coefficient (Wildman–Crippen LogP) is 3.84. The SMILES string of the molecule is COc1cc(C(=O)N2CCc3cc(S(=O)(=O)N(C)C)ccc32)cc(Cl)c1OCC(C)C. The van der Waals surface area contributed by atoms with Crippen molar-refractivity contribution in [3.8, 4) is 11.5 Å². The van der Waals surface area contributed by atoms with Crippen LogP contribution in [0, 0.1) is 5.92 Å². The molecule has 9 heteroatoms. The fraction of sp³-hybridized carbons (Fsp3) is 0.409. The van der Waals surface area contributed by atoms with E-state index in [2.05, 4.69) is 0 Å². The summed E-state index contributed by atoms with van der Waals surface area (Å²) in [5.41, 5.74) is 1.88. The minimum Gasteiger partial charge on any atom is -0.493 e. The van der Waals surface area contributed by atoms with Crippen LogP contribution in [-0.4, -0.2) is 53.0 Å². The summed E-state index contributed by atoms with van der Waals surface area (Å²) in [5.74, 6) is 0.875. The fourth-order valence-electron chi connectivity index (χ4n) is 3.35. The highest BCUT2D eigenvalue weighted by Crippen LogP contribution is 2.38. The summed E-state index contributed by atoms with van der Waals surface area (Å²) >= 11 is 6.40. The van der Waals surface area contributed by atoms with Crippen molar-refractivity contribution in [3.05, 3.63) is 46.5 Å². The summed E-state index contributed by atoms with van der Waals surface area (Å²) in [7, 11) is 0.943. The molecule has 0 bridgehead atoms. The molecule has 0 aromatic heterocycles. The smallest absolute Gasteiger partial charge is 0.258 e. The van der Waals surface area contributed by atoms with E-state index in [1.54, 1.807) is 29.2 Å². The minimum absolute atomic E-state index is 0.210. The summed E-state index contributed by atoms with van der Waals surface area (Å²) in [5, 5.41) is 0.301. The molecule has 0 fully saturated rings. The first kappa shape index (κ1) is 23.4. The molecule has 2 aromatic rings. The van der Waals surface area contributed by atoms with Gasteiger partial charge in [-0.1, -0.05) is 25.4 Å². The lowest BCUT2D eigenvalue weighted by Gasteiger charge is -2.20. The van der Waals surface area contributed by atoms with Gasteiger partial charge in [-0.2, -0.15) is 0 Å². The van der Waals surface area contributed by atoms with Crippen molar-refractivity contribution in [1.29, 1.82) is 0 Å². The van der Waals surface area contributed by atoms with Gasteiger partial charge in [-0.15, -0.1) is 0 Å². The number of anilines is 1. The zero-order chi connectivity index (χ0) is 22.9. The summed E-state index contributed by atoms with van der Waals surface area (Å²) in [6, 6.07) is 8.03. The number of carbonyl (C=O) groups is 1. The zero-order valence-corrected chi connectivity index (χ0v) is 19.9. The summed E-state index contributed by atoms with van der Waals surface area (Å²) < 4.78 is 37.2. The molecule has 1 amide bonds. The maximum atomic E-state index is 13.2. The molecule has 0 saturated heterocycles. The Labute approximate surface area is 188 Å². The van der Waals surface area contributed by atoms with Gasteiger partial charge in [-0.25, -0.2) is 12.7 Å². The van der Waals surface area contributed by atoms with Gasteiger partial charge in [0.15, 0.2) is 11.5 Å². The van der Waals surface area contributed by atoms with Crippen molar-refractivity contribution >= 4 is 33.2 Å². The molecular formula is C22H27ClN2O5S. The second kappa shape index (κ2) is 9.06. The van der Waals surface area contributed by atoms with Crippen LogP contribution >= 0.6 is 11.6 Å². The summed E-state index contributed by atoms with van der Waals surface area (Å²) in [6.45, 7) is 4.98. The number of benzene rings is 2. The summed E-state index contributed by atoms with van der Waals surface area (Å²) in [4.78, 5) is 15.1. The second-order valence-electron chi connectivity index (χ2n) is 7.98. The average molecular weight is 467 g/mol. The topological polar surface area (TPSA) is 76.2 Å². The third-order valence-electron chi connectivity index (χ3n) is 5.01. The predicted molar refractivity (Wildman–Crippen MR) is 121 cm³/mol. The van der Waals surface area contributed by atoms with Crippen molar-refractivity contribution in [2.75, 3.05) is 39.3 Å². The van der Waals surface area contributed by atoms with E-state index in [0.717, 1.165) is 5.56 Å². The molecule has 1 heterocycles. The molecular weight excluding hydrogens is 440 g/mol. The van der Waals surface area contributed by atoms with E-state index in [4.69, 9.17) is 21.1 Å². The third kappa shape index (κ3) is 4.66. The molecule has 3 rings (SSSR count). The number of amides is 1. The molecule has 0 radical (unpaired) electrons. The number of methoxy groups -OCH3 is 1. The van der Waals surface area contributed by atoms with Crippen LogP contribution < -0.4 is 14.4 Å². The number of sulfonamides is 1. The van der Waals surface area contributed by atoms with Crippen molar-refractivity contribution in [3.63, 3.8) is 0 Å². The van der Waals surface area contributed by atoms with E-state index in [1.807, 2.05) is 13.8 Å². The van der Waals surface area contributed by atoms with E-state index in [-0.39, 0.29) is 10.8 Å². The van der Waals surface area contributed by atoms with E-state index in [1.165, 1.54) is 31.6 Å². The highest BCUT2D eigenvalue weighted by Gasteiger charge is 2.29. The van der Waals surface area contributed by atoms with Crippen LogP contribution in [0.5, 0.6) is 11.5 Å². The van der Waals surface area contributed by atoms with Crippen LogP contribution in [0.4, 0.5) is 5.69 Å². The molecule has 0 N–H and O–H groups in total. The van der Waals surface area contributed by atoms with Gasteiger partial charge in [0.25, 0.3) is 5.91 Å². The molecule has 7 nitrogen and oxygen atoms in total. The Hall–Kier alpha value is -2.29. The first-order chi connectivity index (χ1) is 14.6. The molecule has 168 valence electrons. The van der Waals surface area contributed by atoms with Gasteiger partial charge in [-0.05, 0) is 48.2 Å². The van der Waals surface area contributed by atoms with Crippen molar-refractivity contribution in [2.24, 2.45) is 5.92 Å². The molecule has 0 unspecified atom stereocenters. The number of fused-ring (bicyclic) bond motifs is 1. The molecule has 0 atom stereocenters. The first-order valence-electron chi connectivity index (χ1n) is 9.94. The van der Waals surface area contributed by atoms with Gasteiger partial charge in [0, 0.05) is 31.9 Å². The quantitative estimate of drug-likeness (QED) is 0.619. The molecule has 0 spiro atoms. The zero-order valence-electron chi connectivity index (χ0n) is 18.3. The van der Waals surface area contributed by atoms with Gasteiger partial charge in [0.2, 0.25) is 10.0 Å². The minimum atomic E-state index is -3.54. The van der Waals surface area contributed by atoms with Gasteiger partial charge in [0.05, 0.1) is 23.6 Å². The average Bonchev–Trinajstić information content (AvgIpc) is 3.14. The molecule has 31 heavy (non-hydrogen) atoms. The lowest BCUT2D eigenvalue weighted by molar-refractivity contribution is 0.0989. The van der Waals surface area contributed by atoms with Crippen molar-refractivity contribution < 1.29 is 22.7 Å². The fourth-order valence-corrected chi connectivity index (χ4v) is 4.57. The van der Waals surface area contributed by atoms with Crippen LogP contribution in [0.1, 0.15) is 29.8 Å². The Balaban J connectivity index is 1.91. The van der Waals surface area contributed by atoms with Gasteiger partial charge >= 0.3 is 0 Å². The number of carbonyl (C=O) groups excluding carboxylic acids is 1. The maximum Gasteiger partial charge on any atom is 0.258 e. The van der Waals surface area contributed by atoms with Crippen LogP contribution in [0.2, 0.25) is 5.02 Å². The van der Waals surface area contributed by atoms with Gasteiger partial charge in [-0.3, -0.25) is 4.79 Å². The van der Waals surface area contributed by atoms with Gasteiger partial charge in [0.1, 0.15) is 0 Å². The van der Waals surface area contributed by atoms with Crippen LogP contribution in [0.3, 0.4) is 0 Å². The Morgan fingerprint density at radius 3 is 2.55 bits per heavy atom. The molecule has 0 saturated carbocycles. The van der Waals surface area contributed by atoms with E-state index in [0.29, 0.717) is 53.3 Å². The Morgan fingerprint density at radius 2 is 1.94 bits per heavy atom. The van der Waals surface area contributed by atoms with Gasteiger partial charge < -0.3 is 14.4 Å². The van der Waals surface area contributed by atoms with Crippen molar-refractivity contribution in [2.45, 2.75) is 25.2 Å².